The number of likely N-dealkylation sites (tertiary alicyclic amines) is 1. The predicted octanol–water partition coefficient (Wildman–Crippen LogP) is 0.766. The molecule has 0 spiro atoms. The van der Waals surface area contributed by atoms with Crippen LogP contribution < -0.4 is 5.73 Å². The Labute approximate surface area is 111 Å². The summed E-state index contributed by atoms with van der Waals surface area (Å²) >= 11 is 0. The van der Waals surface area contributed by atoms with Gasteiger partial charge >= 0.3 is 0 Å². The summed E-state index contributed by atoms with van der Waals surface area (Å²) < 4.78 is 5.63. The van der Waals surface area contributed by atoms with Gasteiger partial charge in [-0.15, -0.1) is 0 Å². The summed E-state index contributed by atoms with van der Waals surface area (Å²) in [5.74, 6) is 0.633. The van der Waals surface area contributed by atoms with Gasteiger partial charge in [0.15, 0.2) is 0 Å². The summed E-state index contributed by atoms with van der Waals surface area (Å²) in [6.07, 6.45) is 5.02. The first-order chi connectivity index (χ1) is 8.72. The van der Waals surface area contributed by atoms with Gasteiger partial charge in [-0.3, -0.25) is 4.90 Å². The minimum atomic E-state index is 0.499. The van der Waals surface area contributed by atoms with Crippen molar-refractivity contribution >= 4 is 0 Å². The third-order valence-corrected chi connectivity index (χ3v) is 4.77. The van der Waals surface area contributed by atoms with Crippen LogP contribution in [-0.4, -0.2) is 68.8 Å². The van der Waals surface area contributed by atoms with Gasteiger partial charge in [-0.25, -0.2) is 0 Å². The van der Waals surface area contributed by atoms with Gasteiger partial charge in [-0.2, -0.15) is 0 Å². The standard InChI is InChI=1S/C14H29N3O/c1-16-7-5-13(6-8-16)17(2)14(10-15)12-4-3-9-18-11-12/h12-14H,3-11,15H2,1-2H3. The maximum atomic E-state index is 6.03. The second-order valence-corrected chi connectivity index (χ2v) is 5.98. The zero-order chi connectivity index (χ0) is 13.0. The summed E-state index contributed by atoms with van der Waals surface area (Å²) in [5, 5.41) is 0. The summed E-state index contributed by atoms with van der Waals surface area (Å²) in [4.78, 5) is 4.97. The van der Waals surface area contributed by atoms with Crippen molar-refractivity contribution in [1.29, 1.82) is 0 Å². The Bertz CT molecular complexity index is 235. The lowest BCUT2D eigenvalue weighted by atomic mass is 9.90. The lowest BCUT2D eigenvalue weighted by Gasteiger charge is -2.42. The van der Waals surface area contributed by atoms with Crippen molar-refractivity contribution in [3.63, 3.8) is 0 Å². The van der Waals surface area contributed by atoms with E-state index in [4.69, 9.17) is 10.5 Å². The number of ether oxygens (including phenoxy) is 1. The minimum absolute atomic E-state index is 0.499. The number of rotatable bonds is 4. The van der Waals surface area contributed by atoms with Crippen LogP contribution in [0.4, 0.5) is 0 Å². The number of nitrogens with zero attached hydrogens (tertiary/aromatic N) is 2. The molecule has 2 rings (SSSR count). The molecule has 18 heavy (non-hydrogen) atoms. The Balaban J connectivity index is 1.89. The van der Waals surface area contributed by atoms with Crippen molar-refractivity contribution in [2.75, 3.05) is 46.9 Å². The molecule has 0 aliphatic carbocycles. The van der Waals surface area contributed by atoms with Crippen molar-refractivity contribution in [3.05, 3.63) is 0 Å². The monoisotopic (exact) mass is 255 g/mol. The van der Waals surface area contributed by atoms with Crippen LogP contribution in [0.2, 0.25) is 0 Å². The third-order valence-electron chi connectivity index (χ3n) is 4.77. The molecule has 2 N–H and O–H groups in total. The van der Waals surface area contributed by atoms with Crippen LogP contribution in [0.3, 0.4) is 0 Å². The van der Waals surface area contributed by atoms with Crippen molar-refractivity contribution < 1.29 is 4.74 Å². The van der Waals surface area contributed by atoms with Gasteiger partial charge in [0.05, 0.1) is 6.61 Å². The van der Waals surface area contributed by atoms with E-state index in [0.29, 0.717) is 18.0 Å². The van der Waals surface area contributed by atoms with Crippen molar-refractivity contribution in [1.82, 2.24) is 9.80 Å². The van der Waals surface area contributed by atoms with E-state index in [1.165, 1.54) is 38.8 Å². The molecule has 2 aliphatic heterocycles. The molecule has 0 aromatic heterocycles. The molecule has 4 heteroatoms. The molecule has 2 saturated heterocycles. The normalized spacial score (nSPS) is 29.7. The van der Waals surface area contributed by atoms with Crippen LogP contribution in [0, 0.1) is 5.92 Å². The highest BCUT2D eigenvalue weighted by atomic mass is 16.5. The maximum absolute atomic E-state index is 6.03. The average molecular weight is 255 g/mol. The smallest absolute Gasteiger partial charge is 0.0509 e. The Morgan fingerprint density at radius 1 is 1.33 bits per heavy atom. The van der Waals surface area contributed by atoms with Crippen molar-refractivity contribution in [3.8, 4) is 0 Å². The fraction of sp³-hybridized carbons (Fsp3) is 1.00. The molecule has 0 saturated carbocycles. The SMILES string of the molecule is CN1CCC(N(C)C(CN)C2CCCOC2)CC1. The van der Waals surface area contributed by atoms with E-state index in [1.54, 1.807) is 0 Å². The lowest BCUT2D eigenvalue weighted by molar-refractivity contribution is -0.000314. The van der Waals surface area contributed by atoms with Crippen LogP contribution in [0.1, 0.15) is 25.7 Å². The van der Waals surface area contributed by atoms with Crippen molar-refractivity contribution in [2.45, 2.75) is 37.8 Å². The number of hydrogen-bond donors (Lipinski definition) is 1. The predicted molar refractivity (Wildman–Crippen MR) is 74.7 cm³/mol. The Morgan fingerprint density at radius 3 is 2.61 bits per heavy atom. The fourth-order valence-corrected chi connectivity index (χ4v) is 3.43. The van der Waals surface area contributed by atoms with Gasteiger partial charge in [-0.1, -0.05) is 0 Å². The second-order valence-electron chi connectivity index (χ2n) is 5.98. The van der Waals surface area contributed by atoms with E-state index in [9.17, 15) is 0 Å². The first-order valence-corrected chi connectivity index (χ1v) is 7.40. The Kier molecular flexibility index (Phi) is 5.42. The molecule has 0 aromatic rings. The molecule has 2 aliphatic rings. The highest BCUT2D eigenvalue weighted by Crippen LogP contribution is 2.24. The van der Waals surface area contributed by atoms with E-state index in [-0.39, 0.29) is 0 Å². The summed E-state index contributed by atoms with van der Waals surface area (Å²) in [6.45, 7) is 5.03. The molecule has 0 radical (unpaired) electrons. The topological polar surface area (TPSA) is 41.7 Å². The number of piperidine rings is 1. The zero-order valence-corrected chi connectivity index (χ0v) is 12.0. The van der Waals surface area contributed by atoms with Crippen LogP contribution in [0.5, 0.6) is 0 Å². The molecule has 0 bridgehead atoms. The summed E-state index contributed by atoms with van der Waals surface area (Å²) in [5.41, 5.74) is 6.03. The van der Waals surface area contributed by atoms with Crippen LogP contribution in [0.25, 0.3) is 0 Å². The van der Waals surface area contributed by atoms with Gasteiger partial charge in [0.25, 0.3) is 0 Å². The van der Waals surface area contributed by atoms with Gasteiger partial charge in [-0.05, 0) is 58.8 Å². The van der Waals surface area contributed by atoms with E-state index in [0.717, 1.165) is 19.8 Å². The zero-order valence-electron chi connectivity index (χ0n) is 12.0. The Morgan fingerprint density at radius 2 is 2.06 bits per heavy atom. The van der Waals surface area contributed by atoms with E-state index in [1.807, 2.05) is 0 Å². The molecule has 2 atom stereocenters. The molecule has 2 fully saturated rings. The summed E-state index contributed by atoms with van der Waals surface area (Å²) in [7, 11) is 4.48. The second kappa shape index (κ2) is 6.85. The molecule has 2 unspecified atom stereocenters. The van der Waals surface area contributed by atoms with Gasteiger partial charge in [0.1, 0.15) is 0 Å². The van der Waals surface area contributed by atoms with E-state index < -0.39 is 0 Å². The molecule has 0 amide bonds. The largest absolute Gasteiger partial charge is 0.381 e. The quantitative estimate of drug-likeness (QED) is 0.805. The van der Waals surface area contributed by atoms with Crippen molar-refractivity contribution in [2.24, 2.45) is 11.7 Å². The van der Waals surface area contributed by atoms with Gasteiger partial charge < -0.3 is 15.4 Å². The first-order valence-electron chi connectivity index (χ1n) is 7.40. The lowest BCUT2D eigenvalue weighted by Crippen LogP contribution is -2.52. The molecule has 4 nitrogen and oxygen atoms in total. The fourth-order valence-electron chi connectivity index (χ4n) is 3.43. The number of nitrogens with two attached hydrogens (primary N) is 1. The molecular formula is C14H29N3O. The maximum Gasteiger partial charge on any atom is 0.0509 e. The molecule has 2 heterocycles. The number of likely N-dealkylation sites (N-methyl/N-ethyl adjacent to an activating group) is 1. The third kappa shape index (κ3) is 3.44. The van der Waals surface area contributed by atoms with Gasteiger partial charge in [0.2, 0.25) is 0 Å². The van der Waals surface area contributed by atoms with Gasteiger partial charge in [0, 0.05) is 25.2 Å². The van der Waals surface area contributed by atoms with Crippen LogP contribution in [-0.2, 0) is 4.74 Å². The van der Waals surface area contributed by atoms with E-state index >= 15 is 0 Å². The molecular weight excluding hydrogens is 226 g/mol. The van der Waals surface area contributed by atoms with Crippen LogP contribution in [0.15, 0.2) is 0 Å². The van der Waals surface area contributed by atoms with E-state index in [2.05, 4.69) is 23.9 Å². The first kappa shape index (κ1) is 14.3. The van der Waals surface area contributed by atoms with Crippen LogP contribution >= 0.6 is 0 Å². The highest BCUT2D eigenvalue weighted by Gasteiger charge is 2.31. The molecule has 0 aromatic carbocycles. The Hall–Kier alpha value is -0.160. The average Bonchev–Trinajstić information content (AvgIpc) is 2.41. The highest BCUT2D eigenvalue weighted by molar-refractivity contribution is 4.86. The minimum Gasteiger partial charge on any atom is -0.381 e. The number of hydrogen-bond acceptors (Lipinski definition) is 4. The molecule has 106 valence electrons. The summed E-state index contributed by atoms with van der Waals surface area (Å²) in [6, 6.07) is 1.20.